The standard InChI is InChI=1S/C14H24N8O2/c1-18-3-7-20(8-4-18)14-12(22(23)24)13(15-11-16-14)17-21-9-5-19(2)6-10-21/h11H,3-10H2,1-2H3,(H,15,16,17). The smallest absolute Gasteiger partial charge is 0.348 e. The van der Waals surface area contributed by atoms with Crippen LogP contribution in [0, 0.1) is 10.1 Å². The second-order valence-corrected chi connectivity index (χ2v) is 6.34. The van der Waals surface area contributed by atoms with Crippen molar-refractivity contribution in [3.63, 3.8) is 0 Å². The Hall–Kier alpha value is -2.04. The zero-order valence-electron chi connectivity index (χ0n) is 14.2. The SMILES string of the molecule is CN1CCN(Nc2ncnc(N3CCN(C)CC3)c2[N+](=O)[O-])CC1. The van der Waals surface area contributed by atoms with Gasteiger partial charge in [0, 0.05) is 52.4 Å². The number of anilines is 2. The number of nitrogens with one attached hydrogen (secondary N) is 1. The van der Waals surface area contributed by atoms with Crippen molar-refractivity contribution in [2.24, 2.45) is 0 Å². The molecule has 0 aliphatic carbocycles. The molecule has 1 aromatic heterocycles. The van der Waals surface area contributed by atoms with Gasteiger partial charge < -0.3 is 14.7 Å². The molecule has 3 rings (SSSR count). The van der Waals surface area contributed by atoms with Crippen molar-refractivity contribution < 1.29 is 4.92 Å². The van der Waals surface area contributed by atoms with Crippen LogP contribution in [0.4, 0.5) is 17.3 Å². The molecule has 2 aliphatic heterocycles. The molecule has 1 N–H and O–H groups in total. The molecule has 0 saturated carbocycles. The van der Waals surface area contributed by atoms with Crippen molar-refractivity contribution in [1.82, 2.24) is 24.8 Å². The maximum absolute atomic E-state index is 11.7. The molecule has 1 aromatic rings. The molecule has 132 valence electrons. The minimum atomic E-state index is -0.383. The van der Waals surface area contributed by atoms with E-state index in [1.54, 1.807) is 0 Å². The number of hydrogen-bond acceptors (Lipinski definition) is 9. The first-order valence-electron chi connectivity index (χ1n) is 8.17. The van der Waals surface area contributed by atoms with Crippen LogP contribution in [0.25, 0.3) is 0 Å². The summed E-state index contributed by atoms with van der Waals surface area (Å²) in [4.78, 5) is 26.0. The average molecular weight is 336 g/mol. The number of hydrogen-bond donors (Lipinski definition) is 1. The van der Waals surface area contributed by atoms with Gasteiger partial charge in [0.1, 0.15) is 6.33 Å². The second-order valence-electron chi connectivity index (χ2n) is 6.34. The summed E-state index contributed by atoms with van der Waals surface area (Å²) in [6, 6.07) is 0. The molecule has 24 heavy (non-hydrogen) atoms. The summed E-state index contributed by atoms with van der Waals surface area (Å²) in [5.41, 5.74) is 3.08. The molecule has 10 nitrogen and oxygen atoms in total. The van der Waals surface area contributed by atoms with E-state index in [0.717, 1.165) is 52.4 Å². The first-order valence-corrected chi connectivity index (χ1v) is 8.17. The minimum absolute atomic E-state index is 0.0408. The van der Waals surface area contributed by atoms with Crippen molar-refractivity contribution in [2.45, 2.75) is 0 Å². The Kier molecular flexibility index (Phi) is 5.07. The molecule has 0 unspecified atom stereocenters. The van der Waals surface area contributed by atoms with Gasteiger partial charge in [0.25, 0.3) is 0 Å². The number of piperazine rings is 2. The Morgan fingerprint density at radius 2 is 1.58 bits per heavy atom. The van der Waals surface area contributed by atoms with Crippen LogP contribution < -0.4 is 10.3 Å². The fourth-order valence-corrected chi connectivity index (χ4v) is 2.94. The number of likely N-dealkylation sites (N-methyl/N-ethyl adjacent to an activating group) is 2. The van der Waals surface area contributed by atoms with Gasteiger partial charge in [-0.15, -0.1) is 0 Å². The van der Waals surface area contributed by atoms with Gasteiger partial charge in [0.2, 0.25) is 11.6 Å². The molecule has 0 bridgehead atoms. The van der Waals surface area contributed by atoms with Crippen LogP contribution in [0.2, 0.25) is 0 Å². The fourth-order valence-electron chi connectivity index (χ4n) is 2.94. The molecule has 2 fully saturated rings. The third-order valence-electron chi connectivity index (χ3n) is 4.56. The van der Waals surface area contributed by atoms with E-state index in [0.29, 0.717) is 5.82 Å². The highest BCUT2D eigenvalue weighted by molar-refractivity contribution is 5.70. The van der Waals surface area contributed by atoms with Crippen LogP contribution in [-0.4, -0.2) is 96.2 Å². The molecule has 0 amide bonds. The quantitative estimate of drug-likeness (QED) is 0.588. The highest BCUT2D eigenvalue weighted by atomic mass is 16.6. The largest absolute Gasteiger partial charge is 0.354 e. The highest BCUT2D eigenvalue weighted by Crippen LogP contribution is 2.32. The van der Waals surface area contributed by atoms with Gasteiger partial charge in [-0.1, -0.05) is 0 Å². The van der Waals surface area contributed by atoms with Gasteiger partial charge in [-0.05, 0) is 14.1 Å². The molecule has 3 heterocycles. The second kappa shape index (κ2) is 7.24. The Labute approximate surface area is 141 Å². The van der Waals surface area contributed by atoms with E-state index >= 15 is 0 Å². The van der Waals surface area contributed by atoms with Crippen LogP contribution >= 0.6 is 0 Å². The van der Waals surface area contributed by atoms with Crippen molar-refractivity contribution in [1.29, 1.82) is 0 Å². The molecular weight excluding hydrogens is 312 g/mol. The summed E-state index contributed by atoms with van der Waals surface area (Å²) in [6.45, 7) is 6.59. The van der Waals surface area contributed by atoms with E-state index in [1.165, 1.54) is 6.33 Å². The topological polar surface area (TPSA) is 93.9 Å². The summed E-state index contributed by atoms with van der Waals surface area (Å²) in [5, 5.41) is 13.6. The Bertz CT molecular complexity index is 582. The predicted octanol–water partition coefficient (Wildman–Crippen LogP) is -0.289. The zero-order chi connectivity index (χ0) is 17.1. The monoisotopic (exact) mass is 336 g/mol. The molecule has 0 aromatic carbocycles. The minimum Gasteiger partial charge on any atom is -0.348 e. The Morgan fingerprint density at radius 1 is 1.00 bits per heavy atom. The lowest BCUT2D eigenvalue weighted by Crippen LogP contribution is -2.47. The van der Waals surface area contributed by atoms with Crippen LogP contribution in [0.5, 0.6) is 0 Å². The first kappa shape index (κ1) is 16.8. The first-order chi connectivity index (χ1) is 11.5. The summed E-state index contributed by atoms with van der Waals surface area (Å²) in [6.07, 6.45) is 1.40. The molecular formula is C14H24N8O2. The van der Waals surface area contributed by atoms with Gasteiger partial charge >= 0.3 is 5.69 Å². The predicted molar refractivity (Wildman–Crippen MR) is 91.1 cm³/mol. The number of hydrazine groups is 1. The number of nitrogens with zero attached hydrogens (tertiary/aromatic N) is 7. The van der Waals surface area contributed by atoms with Gasteiger partial charge in [-0.2, -0.15) is 0 Å². The van der Waals surface area contributed by atoms with E-state index in [4.69, 9.17) is 0 Å². The summed E-state index contributed by atoms with van der Waals surface area (Å²) < 4.78 is 0. The Balaban J connectivity index is 1.81. The zero-order valence-corrected chi connectivity index (χ0v) is 14.2. The summed E-state index contributed by atoms with van der Waals surface area (Å²) in [7, 11) is 4.11. The third kappa shape index (κ3) is 3.71. The van der Waals surface area contributed by atoms with Crippen LogP contribution in [0.3, 0.4) is 0 Å². The maximum Gasteiger partial charge on any atom is 0.354 e. The van der Waals surface area contributed by atoms with Gasteiger partial charge in [-0.3, -0.25) is 15.5 Å². The third-order valence-corrected chi connectivity index (χ3v) is 4.56. The maximum atomic E-state index is 11.7. The molecule has 10 heteroatoms. The van der Waals surface area contributed by atoms with Crippen molar-refractivity contribution in [3.8, 4) is 0 Å². The molecule has 2 saturated heterocycles. The van der Waals surface area contributed by atoms with Crippen LogP contribution in [0.15, 0.2) is 6.33 Å². The highest BCUT2D eigenvalue weighted by Gasteiger charge is 2.29. The number of aromatic nitrogens is 2. The van der Waals surface area contributed by atoms with Crippen molar-refractivity contribution >= 4 is 17.3 Å². The normalized spacial score (nSPS) is 21.0. The van der Waals surface area contributed by atoms with E-state index < -0.39 is 0 Å². The molecule has 0 radical (unpaired) electrons. The van der Waals surface area contributed by atoms with Crippen molar-refractivity contribution in [3.05, 3.63) is 16.4 Å². The summed E-state index contributed by atoms with van der Waals surface area (Å²) in [5.74, 6) is 0.674. The van der Waals surface area contributed by atoms with E-state index in [1.807, 2.05) is 17.0 Å². The van der Waals surface area contributed by atoms with Crippen LogP contribution in [0.1, 0.15) is 0 Å². The lowest BCUT2D eigenvalue weighted by molar-refractivity contribution is -0.383. The fraction of sp³-hybridized carbons (Fsp3) is 0.714. The van der Waals surface area contributed by atoms with Gasteiger partial charge in [0.05, 0.1) is 4.92 Å². The molecule has 2 aliphatic rings. The van der Waals surface area contributed by atoms with Crippen LogP contribution in [-0.2, 0) is 0 Å². The van der Waals surface area contributed by atoms with E-state index in [2.05, 4.69) is 32.2 Å². The van der Waals surface area contributed by atoms with Crippen molar-refractivity contribution in [2.75, 3.05) is 76.8 Å². The van der Waals surface area contributed by atoms with E-state index in [9.17, 15) is 10.1 Å². The number of rotatable bonds is 4. The van der Waals surface area contributed by atoms with E-state index in [-0.39, 0.29) is 16.4 Å². The van der Waals surface area contributed by atoms with Gasteiger partial charge in [-0.25, -0.2) is 15.0 Å². The molecule has 0 spiro atoms. The summed E-state index contributed by atoms with van der Waals surface area (Å²) >= 11 is 0. The lowest BCUT2D eigenvalue weighted by Gasteiger charge is -2.34. The Morgan fingerprint density at radius 3 is 2.17 bits per heavy atom. The number of nitro groups is 1. The molecule has 0 atom stereocenters. The average Bonchev–Trinajstić information content (AvgIpc) is 2.57. The van der Waals surface area contributed by atoms with Gasteiger partial charge in [0.15, 0.2) is 0 Å². The lowest BCUT2D eigenvalue weighted by atomic mass is 10.3.